The fourth-order valence-corrected chi connectivity index (χ4v) is 3.54. The third kappa shape index (κ3) is 5.70. The van der Waals surface area contributed by atoms with Crippen LogP contribution in [-0.2, 0) is 19.6 Å². The number of amides is 1. The first kappa shape index (κ1) is 20.2. The van der Waals surface area contributed by atoms with Gasteiger partial charge in [-0.2, -0.15) is 4.72 Å². The van der Waals surface area contributed by atoms with Gasteiger partial charge in [0.2, 0.25) is 10.0 Å². The van der Waals surface area contributed by atoms with Crippen LogP contribution in [0.25, 0.3) is 0 Å². The molecule has 1 aliphatic carbocycles. The Balaban J connectivity index is 1.98. The second-order valence-corrected chi connectivity index (χ2v) is 8.14. The highest BCUT2D eigenvalue weighted by Gasteiger charge is 2.29. The van der Waals surface area contributed by atoms with Crippen LogP contribution in [0.4, 0.5) is 0 Å². The molecule has 0 aromatic heterocycles. The third-order valence-electron chi connectivity index (χ3n) is 4.21. The number of hydrogen-bond donors (Lipinski definition) is 3. The second kappa shape index (κ2) is 8.50. The highest BCUT2D eigenvalue weighted by atomic mass is 32.2. The van der Waals surface area contributed by atoms with Crippen LogP contribution >= 0.6 is 0 Å². The van der Waals surface area contributed by atoms with E-state index in [9.17, 15) is 23.1 Å². The lowest BCUT2D eigenvalue weighted by molar-refractivity contribution is -0.140. The first-order valence-electron chi connectivity index (χ1n) is 8.50. The van der Waals surface area contributed by atoms with Gasteiger partial charge in [0.25, 0.3) is 5.91 Å². The van der Waals surface area contributed by atoms with Crippen molar-refractivity contribution in [3.05, 3.63) is 24.3 Å². The lowest BCUT2D eigenvalue weighted by Crippen LogP contribution is -2.44. The Morgan fingerprint density at radius 3 is 2.38 bits per heavy atom. The van der Waals surface area contributed by atoms with E-state index in [2.05, 4.69) is 10.0 Å². The number of carboxylic acids is 1. The zero-order valence-electron chi connectivity index (χ0n) is 14.8. The van der Waals surface area contributed by atoms with Gasteiger partial charge in [0, 0.05) is 6.04 Å². The predicted octanol–water partition coefficient (Wildman–Crippen LogP) is 1.12. The number of nitrogens with one attached hydrogen (secondary N) is 2. The summed E-state index contributed by atoms with van der Waals surface area (Å²) in [5, 5.41) is 12.0. The molecule has 1 saturated carbocycles. The molecule has 8 nitrogen and oxygen atoms in total. The molecule has 2 atom stereocenters. The number of hydrogen-bond acceptors (Lipinski definition) is 5. The maximum atomic E-state index is 12.4. The van der Waals surface area contributed by atoms with E-state index in [-0.39, 0.29) is 29.4 Å². The van der Waals surface area contributed by atoms with Crippen molar-refractivity contribution in [1.82, 2.24) is 10.0 Å². The summed E-state index contributed by atoms with van der Waals surface area (Å²) in [5.74, 6) is -1.44. The molecule has 1 aliphatic rings. The number of benzene rings is 1. The maximum Gasteiger partial charge on any atom is 0.322 e. The van der Waals surface area contributed by atoms with Gasteiger partial charge in [0.1, 0.15) is 11.8 Å². The smallest absolute Gasteiger partial charge is 0.322 e. The standard InChI is InChI=1S/C17H24N2O6S/c1-3-11(2)16(17(21)22)19-26(23,24)14-8-6-13(7-9-14)25-10-15(20)18-12-4-5-12/h6-9,11-12,16,19H,3-5,10H2,1-2H3,(H,18,20)(H,21,22)/t11-,16-/m0/s1. The molecule has 1 fully saturated rings. The second-order valence-electron chi connectivity index (χ2n) is 6.42. The molecule has 0 saturated heterocycles. The van der Waals surface area contributed by atoms with Crippen LogP contribution in [0, 0.1) is 5.92 Å². The first-order valence-corrected chi connectivity index (χ1v) is 9.98. The van der Waals surface area contributed by atoms with Gasteiger partial charge in [-0.3, -0.25) is 9.59 Å². The Morgan fingerprint density at radius 2 is 1.88 bits per heavy atom. The van der Waals surface area contributed by atoms with Gasteiger partial charge in [0.15, 0.2) is 6.61 Å². The van der Waals surface area contributed by atoms with Crippen molar-refractivity contribution in [2.45, 2.75) is 50.1 Å². The van der Waals surface area contributed by atoms with E-state index in [1.165, 1.54) is 24.3 Å². The number of carbonyl (C=O) groups is 2. The minimum absolute atomic E-state index is 0.0677. The molecule has 0 unspecified atom stereocenters. The summed E-state index contributed by atoms with van der Waals surface area (Å²) >= 11 is 0. The maximum absolute atomic E-state index is 12.4. The number of rotatable bonds is 10. The Hall–Kier alpha value is -2.13. The Bertz CT molecular complexity index is 743. The normalized spacial score (nSPS) is 16.5. The summed E-state index contributed by atoms with van der Waals surface area (Å²) in [4.78, 5) is 22.8. The Kier molecular flexibility index (Phi) is 6.60. The average molecular weight is 384 g/mol. The first-order chi connectivity index (χ1) is 12.2. The van der Waals surface area contributed by atoms with E-state index in [1.807, 2.05) is 0 Å². The number of sulfonamides is 1. The molecule has 3 N–H and O–H groups in total. The molecular weight excluding hydrogens is 360 g/mol. The quantitative estimate of drug-likeness (QED) is 0.556. The van der Waals surface area contributed by atoms with Gasteiger partial charge in [0.05, 0.1) is 4.90 Å². The number of ether oxygens (including phenoxy) is 1. The zero-order valence-corrected chi connectivity index (χ0v) is 15.6. The number of carboxylic acid groups (broad SMARTS) is 1. The zero-order chi connectivity index (χ0) is 19.3. The molecule has 9 heteroatoms. The van der Waals surface area contributed by atoms with Crippen molar-refractivity contribution in [1.29, 1.82) is 0 Å². The third-order valence-corrected chi connectivity index (χ3v) is 5.66. The molecular formula is C17H24N2O6S. The summed E-state index contributed by atoms with van der Waals surface area (Å²) in [6.07, 6.45) is 2.49. The minimum Gasteiger partial charge on any atom is -0.484 e. The monoisotopic (exact) mass is 384 g/mol. The van der Waals surface area contributed by atoms with Gasteiger partial charge in [-0.15, -0.1) is 0 Å². The molecule has 0 bridgehead atoms. The highest BCUT2D eigenvalue weighted by Crippen LogP contribution is 2.19. The molecule has 0 spiro atoms. The molecule has 0 radical (unpaired) electrons. The van der Waals surface area contributed by atoms with Crippen LogP contribution in [-0.4, -0.2) is 44.1 Å². The van der Waals surface area contributed by atoms with E-state index in [4.69, 9.17) is 4.74 Å². The molecule has 0 aliphatic heterocycles. The lowest BCUT2D eigenvalue weighted by atomic mass is 10.0. The van der Waals surface area contributed by atoms with Gasteiger partial charge in [-0.25, -0.2) is 8.42 Å². The van der Waals surface area contributed by atoms with Gasteiger partial charge in [-0.05, 0) is 43.0 Å². The van der Waals surface area contributed by atoms with E-state index in [1.54, 1.807) is 13.8 Å². The van der Waals surface area contributed by atoms with Crippen LogP contribution < -0.4 is 14.8 Å². The predicted molar refractivity (Wildman–Crippen MR) is 94.3 cm³/mol. The SMILES string of the molecule is CC[C@H](C)[C@H](NS(=O)(=O)c1ccc(OCC(=O)NC2CC2)cc1)C(=O)O. The number of carbonyl (C=O) groups excluding carboxylic acids is 1. The van der Waals surface area contributed by atoms with Crippen LogP contribution in [0.1, 0.15) is 33.1 Å². The average Bonchev–Trinajstić information content (AvgIpc) is 3.41. The van der Waals surface area contributed by atoms with Crippen LogP contribution in [0.2, 0.25) is 0 Å². The van der Waals surface area contributed by atoms with Crippen LogP contribution in [0.5, 0.6) is 5.75 Å². The fraction of sp³-hybridized carbons (Fsp3) is 0.529. The number of aliphatic carboxylic acids is 1. The van der Waals surface area contributed by atoms with Crippen LogP contribution in [0.3, 0.4) is 0 Å². The van der Waals surface area contributed by atoms with E-state index < -0.39 is 22.0 Å². The topological polar surface area (TPSA) is 122 Å². The van der Waals surface area contributed by atoms with Gasteiger partial charge < -0.3 is 15.2 Å². The summed E-state index contributed by atoms with van der Waals surface area (Å²) < 4.78 is 32.3. The van der Waals surface area contributed by atoms with Crippen molar-refractivity contribution in [2.24, 2.45) is 5.92 Å². The van der Waals surface area contributed by atoms with E-state index in [0.717, 1.165) is 12.8 Å². The summed E-state index contributed by atoms with van der Waals surface area (Å²) in [6.45, 7) is 3.32. The summed E-state index contributed by atoms with van der Waals surface area (Å²) in [6, 6.07) is 4.53. The highest BCUT2D eigenvalue weighted by molar-refractivity contribution is 7.89. The largest absolute Gasteiger partial charge is 0.484 e. The Labute approximate surface area is 153 Å². The van der Waals surface area contributed by atoms with Gasteiger partial charge >= 0.3 is 5.97 Å². The fourth-order valence-electron chi connectivity index (χ4n) is 2.24. The molecule has 26 heavy (non-hydrogen) atoms. The van der Waals surface area contributed by atoms with E-state index in [0.29, 0.717) is 12.2 Å². The molecule has 144 valence electrons. The van der Waals surface area contributed by atoms with Crippen molar-refractivity contribution < 1.29 is 27.9 Å². The summed E-state index contributed by atoms with van der Waals surface area (Å²) in [7, 11) is -3.98. The summed E-state index contributed by atoms with van der Waals surface area (Å²) in [5.41, 5.74) is 0. The molecule has 1 aromatic rings. The van der Waals surface area contributed by atoms with Crippen molar-refractivity contribution in [3.63, 3.8) is 0 Å². The Morgan fingerprint density at radius 1 is 1.27 bits per heavy atom. The van der Waals surface area contributed by atoms with Gasteiger partial charge in [-0.1, -0.05) is 20.3 Å². The molecule has 1 aromatic carbocycles. The molecule has 1 amide bonds. The lowest BCUT2D eigenvalue weighted by Gasteiger charge is -2.20. The minimum atomic E-state index is -3.98. The molecule has 2 rings (SSSR count). The van der Waals surface area contributed by atoms with E-state index >= 15 is 0 Å². The molecule has 0 heterocycles. The van der Waals surface area contributed by atoms with Crippen molar-refractivity contribution >= 4 is 21.9 Å². The van der Waals surface area contributed by atoms with Crippen molar-refractivity contribution in [2.75, 3.05) is 6.61 Å². The van der Waals surface area contributed by atoms with Crippen LogP contribution in [0.15, 0.2) is 29.2 Å². The van der Waals surface area contributed by atoms with Crippen molar-refractivity contribution in [3.8, 4) is 5.75 Å².